The summed E-state index contributed by atoms with van der Waals surface area (Å²) in [5.41, 5.74) is 2.47. The van der Waals surface area contributed by atoms with E-state index in [0.29, 0.717) is 6.07 Å². The van der Waals surface area contributed by atoms with Crippen LogP contribution in [-0.2, 0) is 19.4 Å². The van der Waals surface area contributed by atoms with Gasteiger partial charge in [-0.25, -0.2) is 0 Å². The third kappa shape index (κ3) is 3.68. The van der Waals surface area contributed by atoms with E-state index < -0.39 is 35.0 Å². The molecule has 0 atom stereocenters. The Morgan fingerprint density at radius 1 is 1.00 bits per heavy atom. The molecule has 5 nitrogen and oxygen atoms in total. The Morgan fingerprint density at radius 2 is 1.68 bits per heavy atom. The molecule has 0 radical (unpaired) electrons. The van der Waals surface area contributed by atoms with Gasteiger partial charge in [0.25, 0.3) is 0 Å². The number of nitrogens with two attached hydrogens (primary N) is 1. The molecule has 0 bridgehead atoms. The lowest BCUT2D eigenvalue weighted by Gasteiger charge is -2.13. The van der Waals surface area contributed by atoms with E-state index in [4.69, 9.17) is 5.73 Å². The summed E-state index contributed by atoms with van der Waals surface area (Å²) in [6.07, 6.45) is -6.67. The number of nitrogens with zero attached hydrogens (tertiary/aromatic N) is 4. The first-order valence-electron chi connectivity index (χ1n) is 7.64. The summed E-state index contributed by atoms with van der Waals surface area (Å²) < 4.78 is 82.5. The molecule has 150 valence electrons. The van der Waals surface area contributed by atoms with E-state index in [0.717, 1.165) is 22.5 Å². The minimum absolute atomic E-state index is 0.00816. The third-order valence-electron chi connectivity index (χ3n) is 3.86. The first kappa shape index (κ1) is 20.1. The fraction of sp³-hybridized carbons (Fsp3) is 0.250. The van der Waals surface area contributed by atoms with Crippen molar-refractivity contribution >= 4 is 17.6 Å². The number of nitrogen functional groups attached to an aromatic ring is 1. The van der Waals surface area contributed by atoms with E-state index in [1.54, 1.807) is 7.05 Å². The molecular weight excluding hydrogens is 408 g/mol. The van der Waals surface area contributed by atoms with Crippen molar-refractivity contribution in [3.05, 3.63) is 41.7 Å². The maximum absolute atomic E-state index is 13.6. The molecule has 28 heavy (non-hydrogen) atoms. The van der Waals surface area contributed by atoms with Crippen molar-refractivity contribution in [1.82, 2.24) is 19.6 Å². The Balaban J connectivity index is 2.31. The Labute approximate surface area is 159 Å². The fourth-order valence-electron chi connectivity index (χ4n) is 2.63. The summed E-state index contributed by atoms with van der Waals surface area (Å²) in [7, 11) is 1.55. The van der Waals surface area contributed by atoms with Crippen molar-refractivity contribution in [2.24, 2.45) is 7.05 Å². The van der Waals surface area contributed by atoms with Gasteiger partial charge >= 0.3 is 12.4 Å². The lowest BCUT2D eigenvalue weighted by Crippen LogP contribution is -2.09. The highest BCUT2D eigenvalue weighted by Gasteiger charge is 2.40. The maximum Gasteiger partial charge on any atom is 0.435 e. The van der Waals surface area contributed by atoms with Gasteiger partial charge in [-0.1, -0.05) is 0 Å². The van der Waals surface area contributed by atoms with Crippen LogP contribution < -0.4 is 5.73 Å². The number of aryl methyl sites for hydroxylation is 1. The zero-order valence-electron chi connectivity index (χ0n) is 14.4. The molecule has 0 saturated heterocycles. The van der Waals surface area contributed by atoms with Gasteiger partial charge in [-0.3, -0.25) is 4.68 Å². The first-order chi connectivity index (χ1) is 12.9. The largest absolute Gasteiger partial charge is 0.435 e. The number of benzene rings is 1. The van der Waals surface area contributed by atoms with E-state index in [1.807, 2.05) is 0 Å². The van der Waals surface area contributed by atoms with Crippen LogP contribution in [0.4, 0.5) is 32.2 Å². The summed E-state index contributed by atoms with van der Waals surface area (Å²) >= 11 is 0.969. The van der Waals surface area contributed by atoms with Crippen LogP contribution in [-0.4, -0.2) is 25.8 Å². The van der Waals surface area contributed by atoms with E-state index in [-0.39, 0.29) is 16.3 Å². The zero-order valence-corrected chi connectivity index (χ0v) is 15.2. The van der Waals surface area contributed by atoms with Crippen LogP contribution >= 0.6 is 11.8 Å². The van der Waals surface area contributed by atoms with Crippen molar-refractivity contribution in [3.8, 4) is 16.9 Å². The molecule has 2 aromatic heterocycles. The van der Waals surface area contributed by atoms with Gasteiger partial charge in [0, 0.05) is 24.2 Å². The number of anilines is 1. The maximum atomic E-state index is 13.6. The third-order valence-corrected chi connectivity index (χ3v) is 4.57. The van der Waals surface area contributed by atoms with Gasteiger partial charge in [-0.15, -0.1) is 11.8 Å². The number of alkyl halides is 6. The molecule has 0 aliphatic carbocycles. The summed E-state index contributed by atoms with van der Waals surface area (Å²) in [5.74, 6) is -0.453. The Kier molecular flexibility index (Phi) is 4.86. The van der Waals surface area contributed by atoms with E-state index >= 15 is 0 Å². The SMILES string of the molecule is CSc1cc(-c2c(C(F)(F)F)nn(-c3ccn(C)n3)c2N)cc(C(F)(F)F)c1. The van der Waals surface area contributed by atoms with Gasteiger partial charge < -0.3 is 5.73 Å². The average Bonchev–Trinajstić information content (AvgIpc) is 3.16. The van der Waals surface area contributed by atoms with Gasteiger partial charge in [0.05, 0.1) is 11.1 Å². The number of hydrogen-bond donors (Lipinski definition) is 1. The van der Waals surface area contributed by atoms with Crippen LogP contribution in [0.1, 0.15) is 11.3 Å². The predicted octanol–water partition coefficient (Wildman–Crippen LogP) is 4.61. The molecule has 0 unspecified atom stereocenters. The second kappa shape index (κ2) is 6.76. The van der Waals surface area contributed by atoms with Crippen molar-refractivity contribution in [1.29, 1.82) is 0 Å². The molecular formula is C16H13F6N5S. The molecule has 1 aromatic carbocycles. The van der Waals surface area contributed by atoms with E-state index in [1.165, 1.54) is 29.3 Å². The summed E-state index contributed by atoms with van der Waals surface area (Å²) in [6.45, 7) is 0. The van der Waals surface area contributed by atoms with Gasteiger partial charge in [0.1, 0.15) is 5.82 Å². The summed E-state index contributed by atoms with van der Waals surface area (Å²) in [4.78, 5) is 0.142. The molecule has 0 saturated carbocycles. The highest BCUT2D eigenvalue weighted by atomic mass is 32.2. The van der Waals surface area contributed by atoms with Gasteiger partial charge in [0.2, 0.25) is 0 Å². The Bertz CT molecular complexity index is 1020. The molecule has 0 fully saturated rings. The van der Waals surface area contributed by atoms with Crippen molar-refractivity contribution in [2.45, 2.75) is 17.2 Å². The van der Waals surface area contributed by atoms with Crippen LogP contribution in [0.15, 0.2) is 35.4 Å². The van der Waals surface area contributed by atoms with Gasteiger partial charge in [-0.2, -0.15) is 41.2 Å². The van der Waals surface area contributed by atoms with Gasteiger partial charge in [0.15, 0.2) is 11.5 Å². The summed E-state index contributed by atoms with van der Waals surface area (Å²) in [6, 6.07) is 4.09. The van der Waals surface area contributed by atoms with Crippen LogP contribution in [0.5, 0.6) is 0 Å². The van der Waals surface area contributed by atoms with Gasteiger partial charge in [-0.05, 0) is 30.0 Å². The number of halogens is 6. The zero-order chi connectivity index (χ0) is 20.9. The van der Waals surface area contributed by atoms with E-state index in [9.17, 15) is 26.3 Å². The monoisotopic (exact) mass is 421 g/mol. The molecule has 3 rings (SSSR count). The van der Waals surface area contributed by atoms with Crippen LogP contribution in [0.3, 0.4) is 0 Å². The normalized spacial score (nSPS) is 12.6. The number of thioether (sulfide) groups is 1. The van der Waals surface area contributed by atoms with Crippen molar-refractivity contribution in [3.63, 3.8) is 0 Å². The second-order valence-electron chi connectivity index (χ2n) is 5.81. The minimum Gasteiger partial charge on any atom is -0.383 e. The standard InChI is InChI=1S/C16H13F6N5S/c1-26-4-3-11(24-26)27-14(23)12(13(25-27)16(20,21)22)8-5-9(15(17,18)19)7-10(6-8)28-2/h3-7H,23H2,1-2H3. The molecule has 0 aliphatic heterocycles. The first-order valence-corrected chi connectivity index (χ1v) is 8.86. The molecule has 0 spiro atoms. The number of aromatic nitrogens is 4. The predicted molar refractivity (Wildman–Crippen MR) is 92.0 cm³/mol. The lowest BCUT2D eigenvalue weighted by atomic mass is 10.0. The van der Waals surface area contributed by atoms with Crippen LogP contribution in [0.2, 0.25) is 0 Å². The fourth-order valence-corrected chi connectivity index (χ4v) is 3.12. The highest BCUT2D eigenvalue weighted by molar-refractivity contribution is 7.98. The molecule has 0 aliphatic rings. The minimum atomic E-state index is -4.93. The highest BCUT2D eigenvalue weighted by Crippen LogP contribution is 2.43. The Hall–Kier alpha value is -2.63. The smallest absolute Gasteiger partial charge is 0.383 e. The van der Waals surface area contributed by atoms with Crippen LogP contribution in [0.25, 0.3) is 16.9 Å². The molecule has 2 heterocycles. The average molecular weight is 421 g/mol. The molecule has 12 heteroatoms. The number of rotatable bonds is 3. The Morgan fingerprint density at radius 3 is 2.18 bits per heavy atom. The molecule has 0 amide bonds. The topological polar surface area (TPSA) is 61.7 Å². The van der Waals surface area contributed by atoms with Crippen LogP contribution in [0, 0.1) is 0 Å². The molecule has 2 N–H and O–H groups in total. The summed E-state index contributed by atoms with van der Waals surface area (Å²) in [5, 5.41) is 7.44. The quantitative estimate of drug-likeness (QED) is 0.496. The van der Waals surface area contributed by atoms with Crippen molar-refractivity contribution < 1.29 is 26.3 Å². The molecule has 3 aromatic rings. The van der Waals surface area contributed by atoms with Crippen molar-refractivity contribution in [2.75, 3.05) is 12.0 Å². The lowest BCUT2D eigenvalue weighted by molar-refractivity contribution is -0.140. The number of hydrogen-bond acceptors (Lipinski definition) is 4. The second-order valence-corrected chi connectivity index (χ2v) is 6.69. The van der Waals surface area contributed by atoms with E-state index in [2.05, 4.69) is 10.2 Å².